The van der Waals surface area contributed by atoms with E-state index in [4.69, 9.17) is 0 Å². The summed E-state index contributed by atoms with van der Waals surface area (Å²) in [5, 5.41) is 4.34. The second kappa shape index (κ2) is 7.53. The van der Waals surface area contributed by atoms with Gasteiger partial charge in [-0.2, -0.15) is 0 Å². The van der Waals surface area contributed by atoms with Crippen molar-refractivity contribution in [3.63, 3.8) is 0 Å². The molecule has 22 heavy (non-hydrogen) atoms. The summed E-state index contributed by atoms with van der Waals surface area (Å²) in [5.41, 5.74) is 4.14. The van der Waals surface area contributed by atoms with Crippen LogP contribution in [-0.2, 0) is 22.9 Å². The van der Waals surface area contributed by atoms with Gasteiger partial charge in [0.05, 0.1) is 0 Å². The van der Waals surface area contributed by atoms with Crippen molar-refractivity contribution < 1.29 is 47.7 Å². The Morgan fingerprint density at radius 3 is 2.77 bits per heavy atom. The molecule has 0 aliphatic heterocycles. The molecule has 1 atom stereocenters. The fourth-order valence-corrected chi connectivity index (χ4v) is 8.42. The predicted molar refractivity (Wildman–Crippen MR) is 75.2 cm³/mol. The maximum Gasteiger partial charge on any atom is -1.00 e. The number of aromatic nitrogens is 3. The molecule has 0 radical (unpaired) electrons. The summed E-state index contributed by atoms with van der Waals surface area (Å²) in [6, 6.07) is 8.74. The number of hydrogen-bond donors (Lipinski definition) is 0. The summed E-state index contributed by atoms with van der Waals surface area (Å²) in [7, 11) is 0. The predicted octanol–water partition coefficient (Wildman–Crippen LogP) is -2.73. The van der Waals surface area contributed by atoms with Crippen LogP contribution in [0.4, 0.5) is 0 Å². The van der Waals surface area contributed by atoms with Gasteiger partial charge in [-0.05, 0) is 0 Å². The van der Waals surface area contributed by atoms with E-state index in [1.165, 1.54) is 16.8 Å². The molecule has 0 saturated carbocycles. The zero-order chi connectivity index (χ0) is 13.4. The Morgan fingerprint density at radius 2 is 2.05 bits per heavy atom. The Morgan fingerprint density at radius 1 is 1.18 bits per heavy atom. The van der Waals surface area contributed by atoms with Crippen LogP contribution in [0.3, 0.4) is 0 Å². The van der Waals surface area contributed by atoms with E-state index in [0.29, 0.717) is 3.67 Å². The smallest absolute Gasteiger partial charge is 1.00 e. The van der Waals surface area contributed by atoms with Gasteiger partial charge in [-0.3, -0.25) is 0 Å². The van der Waals surface area contributed by atoms with Crippen LogP contribution in [0.1, 0.15) is 21.2 Å². The van der Waals surface area contributed by atoms with E-state index >= 15 is 0 Å². The molecule has 0 N–H and O–H groups in total. The summed E-state index contributed by atoms with van der Waals surface area (Å²) < 4.78 is 4.19. The van der Waals surface area contributed by atoms with Gasteiger partial charge < -0.3 is 24.8 Å². The Hall–Kier alpha value is -0.970. The number of benzene rings is 1. The van der Waals surface area contributed by atoms with E-state index in [2.05, 4.69) is 58.7 Å². The molecule has 0 spiro atoms. The zero-order valence-corrected chi connectivity index (χ0v) is 16.8. The fourth-order valence-electron chi connectivity index (χ4n) is 2.74. The SMILES string of the molecule is C1=CC[C]([Hf+2][CH]2C(n3cncn3)=Cc3ccccc32)=C1.[Cl-].[Cl-]. The van der Waals surface area contributed by atoms with Crippen LogP contribution >= 0.6 is 0 Å². The minimum Gasteiger partial charge on any atom is -1.00 e. The average molecular weight is 497 g/mol. The maximum absolute atomic E-state index is 4.34. The summed E-state index contributed by atoms with van der Waals surface area (Å²) in [5.74, 6) is 0. The molecular formula is C16H13Cl2HfN3. The molecule has 1 unspecified atom stereocenters. The number of fused-ring (bicyclic) bond motifs is 1. The van der Waals surface area contributed by atoms with Crippen LogP contribution in [0.15, 0.2) is 58.5 Å². The van der Waals surface area contributed by atoms with Gasteiger partial charge in [0, 0.05) is 0 Å². The largest absolute Gasteiger partial charge is 1.00 e. The summed E-state index contributed by atoms with van der Waals surface area (Å²) in [4.78, 5) is 4.10. The minimum absolute atomic E-state index is 0. The van der Waals surface area contributed by atoms with Crippen molar-refractivity contribution in [2.24, 2.45) is 0 Å². The van der Waals surface area contributed by atoms with Gasteiger partial charge in [-0.25, -0.2) is 0 Å². The van der Waals surface area contributed by atoms with Gasteiger partial charge in [-0.15, -0.1) is 0 Å². The molecule has 0 amide bonds. The third-order valence-corrected chi connectivity index (χ3v) is 9.57. The molecule has 2 aromatic rings. The first-order valence-electron chi connectivity index (χ1n) is 6.69. The molecule has 1 aromatic carbocycles. The third kappa shape index (κ3) is 3.19. The van der Waals surface area contributed by atoms with Crippen molar-refractivity contribution in [2.45, 2.75) is 10.1 Å². The molecule has 6 heteroatoms. The Bertz CT molecular complexity index is 736. The molecule has 4 rings (SSSR count). The Labute approximate surface area is 153 Å². The molecule has 0 saturated heterocycles. The number of allylic oxidation sites excluding steroid dienone is 5. The molecule has 1 heterocycles. The van der Waals surface area contributed by atoms with Gasteiger partial charge >= 0.3 is 129 Å². The van der Waals surface area contributed by atoms with Crippen molar-refractivity contribution in [3.05, 3.63) is 69.6 Å². The maximum atomic E-state index is 4.34. The molecule has 2 aliphatic rings. The van der Waals surface area contributed by atoms with Gasteiger partial charge in [0.15, 0.2) is 0 Å². The van der Waals surface area contributed by atoms with Gasteiger partial charge in [0.25, 0.3) is 0 Å². The first-order chi connectivity index (χ1) is 9.92. The number of hydrogen-bond acceptors (Lipinski definition) is 2. The zero-order valence-electron chi connectivity index (χ0n) is 11.7. The van der Waals surface area contributed by atoms with Crippen molar-refractivity contribution >= 4 is 11.8 Å². The molecule has 1 aromatic heterocycles. The number of halogens is 2. The van der Waals surface area contributed by atoms with E-state index < -0.39 is 22.9 Å². The van der Waals surface area contributed by atoms with Gasteiger partial charge in [0.2, 0.25) is 0 Å². The van der Waals surface area contributed by atoms with Crippen LogP contribution in [0.25, 0.3) is 11.8 Å². The topological polar surface area (TPSA) is 30.7 Å². The van der Waals surface area contributed by atoms with E-state index in [9.17, 15) is 0 Å². The quantitative estimate of drug-likeness (QED) is 0.432. The number of nitrogens with zero attached hydrogens (tertiary/aromatic N) is 3. The van der Waals surface area contributed by atoms with Crippen molar-refractivity contribution in [1.29, 1.82) is 0 Å². The molecule has 0 bridgehead atoms. The summed E-state index contributed by atoms with van der Waals surface area (Å²) in [6.45, 7) is 0. The van der Waals surface area contributed by atoms with Crippen LogP contribution in [0, 0.1) is 0 Å². The van der Waals surface area contributed by atoms with Crippen LogP contribution in [0.2, 0.25) is 0 Å². The first kappa shape index (κ1) is 17.4. The van der Waals surface area contributed by atoms with Crippen LogP contribution in [0.5, 0.6) is 0 Å². The first-order valence-corrected chi connectivity index (χ1v) is 10.6. The summed E-state index contributed by atoms with van der Waals surface area (Å²) >= 11 is -0.942. The van der Waals surface area contributed by atoms with E-state index in [1.807, 2.05) is 11.0 Å². The normalized spacial score (nSPS) is 17.7. The Balaban J connectivity index is 0.000000882. The Kier molecular flexibility index (Phi) is 5.95. The van der Waals surface area contributed by atoms with Crippen LogP contribution in [-0.4, -0.2) is 14.8 Å². The van der Waals surface area contributed by atoms with Crippen molar-refractivity contribution in [2.75, 3.05) is 0 Å². The molecule has 0 fully saturated rings. The average Bonchev–Trinajstić information content (AvgIpc) is 3.19. The second-order valence-corrected chi connectivity index (χ2v) is 10.4. The van der Waals surface area contributed by atoms with Gasteiger partial charge in [0.1, 0.15) is 0 Å². The standard InChI is InChI=1S/C11H8N3.C5H5.2ClH.Hf/c1-2-4-10-6-11(5-9(10)3-1)14-8-12-7-13-14;1-2-4-5-3-1;;;/h1-8H;1-3H,4H2;2*1H;/q;;;;+2/p-2. The molecular weight excluding hydrogens is 484 g/mol. The monoisotopic (exact) mass is 497 g/mol. The molecule has 2 aliphatic carbocycles. The summed E-state index contributed by atoms with van der Waals surface area (Å²) in [6.07, 6.45) is 13.7. The molecule has 3 nitrogen and oxygen atoms in total. The van der Waals surface area contributed by atoms with E-state index in [0.717, 1.165) is 6.42 Å². The number of rotatable bonds is 3. The third-order valence-electron chi connectivity index (χ3n) is 3.69. The fraction of sp³-hybridized carbons (Fsp3) is 0.125. The van der Waals surface area contributed by atoms with Crippen molar-refractivity contribution in [3.8, 4) is 0 Å². The van der Waals surface area contributed by atoms with Crippen molar-refractivity contribution in [1.82, 2.24) is 14.8 Å². The van der Waals surface area contributed by atoms with Gasteiger partial charge in [-0.1, -0.05) is 0 Å². The second-order valence-electron chi connectivity index (χ2n) is 4.94. The van der Waals surface area contributed by atoms with E-state index in [-0.39, 0.29) is 24.8 Å². The molecule has 110 valence electrons. The van der Waals surface area contributed by atoms with E-state index in [1.54, 1.807) is 9.66 Å². The minimum atomic E-state index is -0.942. The van der Waals surface area contributed by atoms with Crippen LogP contribution < -0.4 is 24.8 Å².